The van der Waals surface area contributed by atoms with Crippen LogP contribution < -0.4 is 15.4 Å². The molecule has 6 nitrogen and oxygen atoms in total. The van der Waals surface area contributed by atoms with Gasteiger partial charge < -0.3 is 30.7 Å². The molecule has 0 unspecified atom stereocenters. The Balaban J connectivity index is 1.52. The van der Waals surface area contributed by atoms with Gasteiger partial charge in [0.25, 0.3) is 0 Å². The zero-order valence-corrected chi connectivity index (χ0v) is 14.6. The Bertz CT molecular complexity index is 665. The molecule has 0 aromatic heterocycles. The van der Waals surface area contributed by atoms with Gasteiger partial charge in [-0.25, -0.2) is 0 Å². The van der Waals surface area contributed by atoms with Crippen molar-refractivity contribution in [3.8, 4) is 5.75 Å². The van der Waals surface area contributed by atoms with E-state index in [0.29, 0.717) is 19.7 Å². The Morgan fingerprint density at radius 1 is 1.08 bits per heavy atom. The van der Waals surface area contributed by atoms with Gasteiger partial charge in [0.15, 0.2) is 0 Å². The number of aliphatic hydroxyl groups is 3. The second-order valence-electron chi connectivity index (χ2n) is 6.56. The first-order valence-corrected chi connectivity index (χ1v) is 8.88. The van der Waals surface area contributed by atoms with E-state index in [-0.39, 0.29) is 18.7 Å². The number of nitrogens with one attached hydrogen (secondary N) is 2. The maximum atomic E-state index is 9.87. The Morgan fingerprint density at radius 2 is 1.81 bits per heavy atom. The van der Waals surface area contributed by atoms with Gasteiger partial charge in [-0.2, -0.15) is 0 Å². The summed E-state index contributed by atoms with van der Waals surface area (Å²) >= 11 is 0. The molecule has 26 heavy (non-hydrogen) atoms. The van der Waals surface area contributed by atoms with Crippen molar-refractivity contribution in [1.82, 2.24) is 10.6 Å². The quantitative estimate of drug-likeness (QED) is 0.474. The minimum Gasteiger partial charge on any atom is -0.489 e. The average Bonchev–Trinajstić information content (AvgIpc) is 3.01. The van der Waals surface area contributed by atoms with E-state index in [0.717, 1.165) is 16.9 Å². The van der Waals surface area contributed by atoms with E-state index in [1.54, 1.807) is 0 Å². The maximum absolute atomic E-state index is 9.87. The van der Waals surface area contributed by atoms with Crippen molar-refractivity contribution in [3.05, 3.63) is 65.7 Å². The van der Waals surface area contributed by atoms with Crippen LogP contribution in [0.2, 0.25) is 0 Å². The fraction of sp³-hybridized carbons (Fsp3) is 0.400. The van der Waals surface area contributed by atoms with Crippen molar-refractivity contribution < 1.29 is 20.1 Å². The number of ether oxygens (including phenoxy) is 1. The van der Waals surface area contributed by atoms with E-state index in [1.165, 1.54) is 0 Å². The lowest BCUT2D eigenvalue weighted by molar-refractivity contribution is 0.0399. The Hall–Kier alpha value is -1.96. The normalized spacial score (nSPS) is 23.7. The largest absolute Gasteiger partial charge is 0.489 e. The third-order valence-electron chi connectivity index (χ3n) is 4.69. The number of β-amino-alcohol motifs (C(OH)–C–C–N with tert-alkyl or cyclic N) is 1. The van der Waals surface area contributed by atoms with Crippen molar-refractivity contribution in [2.24, 2.45) is 0 Å². The molecule has 0 spiro atoms. The number of hydrogen-bond donors (Lipinski definition) is 5. The third-order valence-corrected chi connectivity index (χ3v) is 4.69. The number of hydrogen-bond acceptors (Lipinski definition) is 6. The minimum atomic E-state index is -0.796. The highest BCUT2D eigenvalue weighted by molar-refractivity contribution is 5.29. The van der Waals surface area contributed by atoms with Crippen LogP contribution in [0, 0.1) is 0 Å². The number of aliphatic hydroxyl groups excluding tert-OH is 3. The third kappa shape index (κ3) is 4.81. The molecule has 3 rings (SSSR count). The smallest absolute Gasteiger partial charge is 0.119 e. The van der Waals surface area contributed by atoms with Gasteiger partial charge >= 0.3 is 0 Å². The molecule has 2 aromatic carbocycles. The number of benzene rings is 2. The van der Waals surface area contributed by atoms with Crippen LogP contribution in [0.1, 0.15) is 17.2 Å². The van der Waals surface area contributed by atoms with E-state index < -0.39 is 12.2 Å². The maximum Gasteiger partial charge on any atom is 0.119 e. The van der Waals surface area contributed by atoms with Crippen LogP contribution in [0.4, 0.5) is 0 Å². The van der Waals surface area contributed by atoms with Gasteiger partial charge in [0, 0.05) is 19.1 Å². The molecule has 6 heteroatoms. The lowest BCUT2D eigenvalue weighted by Gasteiger charge is -2.22. The molecule has 1 aliphatic heterocycles. The molecule has 0 saturated carbocycles. The van der Waals surface area contributed by atoms with E-state index in [2.05, 4.69) is 10.6 Å². The van der Waals surface area contributed by atoms with Gasteiger partial charge in [0.1, 0.15) is 12.4 Å². The number of rotatable bonds is 8. The molecule has 0 amide bonds. The molecule has 1 aliphatic rings. The monoisotopic (exact) mass is 358 g/mol. The molecular weight excluding hydrogens is 332 g/mol. The van der Waals surface area contributed by atoms with Gasteiger partial charge in [0.05, 0.1) is 24.9 Å². The standard InChI is InChI=1S/C20H26N2O4/c23-12-18(21-10-17-20(25)19(24)11-22-17)15-6-8-16(9-7-15)26-13-14-4-2-1-3-5-14/h1-9,17-25H,10-13H2/t17-,18+,19+,20-/m1/s1. The molecule has 0 bridgehead atoms. The summed E-state index contributed by atoms with van der Waals surface area (Å²) < 4.78 is 5.77. The summed E-state index contributed by atoms with van der Waals surface area (Å²) in [5.41, 5.74) is 2.05. The second-order valence-corrected chi connectivity index (χ2v) is 6.56. The van der Waals surface area contributed by atoms with E-state index in [4.69, 9.17) is 4.74 Å². The van der Waals surface area contributed by atoms with Gasteiger partial charge in [-0.1, -0.05) is 42.5 Å². The summed E-state index contributed by atoms with van der Waals surface area (Å²) in [6.07, 6.45) is -1.54. The lowest BCUT2D eigenvalue weighted by Crippen LogP contribution is -2.43. The fourth-order valence-electron chi connectivity index (χ4n) is 3.07. The van der Waals surface area contributed by atoms with Gasteiger partial charge in [0.2, 0.25) is 0 Å². The van der Waals surface area contributed by atoms with Gasteiger partial charge in [-0.15, -0.1) is 0 Å². The summed E-state index contributed by atoms with van der Waals surface area (Å²) in [5.74, 6) is 0.769. The molecule has 1 saturated heterocycles. The minimum absolute atomic E-state index is 0.0599. The van der Waals surface area contributed by atoms with Crippen molar-refractivity contribution in [2.45, 2.75) is 30.9 Å². The van der Waals surface area contributed by atoms with Crippen LogP contribution in [0.5, 0.6) is 5.75 Å². The van der Waals surface area contributed by atoms with Crippen molar-refractivity contribution in [2.75, 3.05) is 19.7 Å². The average molecular weight is 358 g/mol. The van der Waals surface area contributed by atoms with E-state index >= 15 is 0 Å². The second kappa shape index (κ2) is 9.12. The fourth-order valence-corrected chi connectivity index (χ4v) is 3.07. The van der Waals surface area contributed by atoms with E-state index in [9.17, 15) is 15.3 Å². The molecule has 1 heterocycles. The molecular formula is C20H26N2O4. The predicted molar refractivity (Wildman–Crippen MR) is 98.8 cm³/mol. The highest BCUT2D eigenvalue weighted by Gasteiger charge is 2.32. The van der Waals surface area contributed by atoms with Crippen LogP contribution >= 0.6 is 0 Å². The van der Waals surface area contributed by atoms with Crippen LogP contribution in [0.3, 0.4) is 0 Å². The first-order chi connectivity index (χ1) is 12.7. The van der Waals surface area contributed by atoms with Gasteiger partial charge in [-0.3, -0.25) is 0 Å². The summed E-state index contributed by atoms with van der Waals surface area (Å²) in [4.78, 5) is 0. The van der Waals surface area contributed by atoms with Gasteiger partial charge in [-0.05, 0) is 23.3 Å². The summed E-state index contributed by atoms with van der Waals surface area (Å²) in [6.45, 7) is 1.28. The van der Waals surface area contributed by atoms with Crippen molar-refractivity contribution in [3.63, 3.8) is 0 Å². The molecule has 5 N–H and O–H groups in total. The molecule has 0 radical (unpaired) electrons. The summed E-state index contributed by atoms with van der Waals surface area (Å²) in [5, 5.41) is 35.4. The van der Waals surface area contributed by atoms with Crippen molar-refractivity contribution >= 4 is 0 Å². The summed E-state index contributed by atoms with van der Waals surface area (Å²) in [7, 11) is 0. The zero-order chi connectivity index (χ0) is 18.4. The SMILES string of the molecule is OC[C@H](NC[C@H]1NC[C@H](O)[C@@H]1O)c1ccc(OCc2ccccc2)cc1. The molecule has 1 fully saturated rings. The first-order valence-electron chi connectivity index (χ1n) is 8.88. The highest BCUT2D eigenvalue weighted by Crippen LogP contribution is 2.19. The predicted octanol–water partition coefficient (Wildman–Crippen LogP) is 0.582. The van der Waals surface area contributed by atoms with E-state index in [1.807, 2.05) is 54.6 Å². The Kier molecular flexibility index (Phi) is 6.60. The van der Waals surface area contributed by atoms with Crippen LogP contribution in [-0.2, 0) is 6.61 Å². The molecule has 2 aromatic rings. The lowest BCUT2D eigenvalue weighted by atomic mass is 10.1. The molecule has 0 aliphatic carbocycles. The first kappa shape index (κ1) is 18.8. The van der Waals surface area contributed by atoms with Crippen LogP contribution in [-0.4, -0.2) is 53.3 Å². The highest BCUT2D eigenvalue weighted by atomic mass is 16.5. The Labute approximate surface area is 153 Å². The molecule has 140 valence electrons. The zero-order valence-electron chi connectivity index (χ0n) is 14.6. The summed E-state index contributed by atoms with van der Waals surface area (Å²) in [6, 6.07) is 17.1. The molecule has 4 atom stereocenters. The topological polar surface area (TPSA) is 94.0 Å². The Morgan fingerprint density at radius 3 is 2.42 bits per heavy atom. The van der Waals surface area contributed by atoms with Crippen molar-refractivity contribution in [1.29, 1.82) is 0 Å². The van der Waals surface area contributed by atoms with Crippen LogP contribution in [0.15, 0.2) is 54.6 Å². The van der Waals surface area contributed by atoms with Crippen LogP contribution in [0.25, 0.3) is 0 Å².